The molecule has 0 aromatic rings. The van der Waals surface area contributed by atoms with Crippen LogP contribution in [0, 0.1) is 0 Å². The van der Waals surface area contributed by atoms with Crippen molar-refractivity contribution in [3.05, 3.63) is 0 Å². The van der Waals surface area contributed by atoms with E-state index < -0.39 is 6.04 Å². The van der Waals surface area contributed by atoms with Gasteiger partial charge in [0.05, 0.1) is 12.5 Å². The van der Waals surface area contributed by atoms with Gasteiger partial charge in [0.25, 0.3) is 5.91 Å². The molecule has 2 aliphatic heterocycles. The van der Waals surface area contributed by atoms with Gasteiger partial charge in [-0.2, -0.15) is 0 Å². The minimum atomic E-state index is -0.712. The zero-order valence-electron chi connectivity index (χ0n) is 10.5. The van der Waals surface area contributed by atoms with E-state index in [1.807, 2.05) is 6.92 Å². The van der Waals surface area contributed by atoms with E-state index in [1.165, 1.54) is 7.05 Å². The van der Waals surface area contributed by atoms with Crippen LogP contribution in [0.5, 0.6) is 0 Å². The maximum absolute atomic E-state index is 11.9. The third-order valence-corrected chi connectivity index (χ3v) is 3.36. The van der Waals surface area contributed by atoms with E-state index in [-0.39, 0.29) is 30.2 Å². The normalized spacial score (nSPS) is 32.8. The smallest absolute Gasteiger partial charge is 0.252 e. The summed E-state index contributed by atoms with van der Waals surface area (Å²) in [6.07, 6.45) is 0.0532. The molecule has 0 aromatic heterocycles. The highest BCUT2D eigenvalue weighted by Crippen LogP contribution is 2.10. The Labute approximate surface area is 105 Å². The summed E-state index contributed by atoms with van der Waals surface area (Å²) in [7, 11) is 1.43. The van der Waals surface area contributed by atoms with Gasteiger partial charge in [-0.15, -0.1) is 0 Å². The number of carbonyl (C=O) groups excluding carboxylic acids is 3. The van der Waals surface area contributed by atoms with E-state index >= 15 is 0 Å². The van der Waals surface area contributed by atoms with Gasteiger partial charge >= 0.3 is 0 Å². The first kappa shape index (κ1) is 13.0. The summed E-state index contributed by atoms with van der Waals surface area (Å²) in [5.41, 5.74) is 0. The van der Waals surface area contributed by atoms with Crippen LogP contribution in [0.15, 0.2) is 0 Å². The number of amides is 3. The van der Waals surface area contributed by atoms with Crippen molar-refractivity contribution in [1.82, 2.24) is 20.9 Å². The number of imide groups is 1. The Balaban J connectivity index is 1.88. The Morgan fingerprint density at radius 3 is 2.56 bits per heavy atom. The monoisotopic (exact) mass is 254 g/mol. The van der Waals surface area contributed by atoms with Crippen molar-refractivity contribution in [3.63, 3.8) is 0 Å². The first-order chi connectivity index (χ1) is 8.49. The standard InChI is InChI=1S/C11H18N4O3/c1-6-4-13-8(5-12-6)10(17)14-7-3-9(16)15(2)11(7)18/h6-8,12-13H,3-5H2,1-2H3,(H,14,17). The number of likely N-dealkylation sites (tertiary alicyclic amines) is 1. The first-order valence-electron chi connectivity index (χ1n) is 6.06. The van der Waals surface area contributed by atoms with Crippen LogP contribution >= 0.6 is 0 Å². The predicted octanol–water partition coefficient (Wildman–Crippen LogP) is -2.19. The number of nitrogens with zero attached hydrogens (tertiary/aromatic N) is 1. The lowest BCUT2D eigenvalue weighted by atomic mass is 10.1. The van der Waals surface area contributed by atoms with Crippen LogP contribution in [0.3, 0.4) is 0 Å². The number of carbonyl (C=O) groups is 3. The second-order valence-corrected chi connectivity index (χ2v) is 4.83. The molecule has 0 spiro atoms. The third-order valence-electron chi connectivity index (χ3n) is 3.36. The molecule has 3 unspecified atom stereocenters. The number of nitrogens with one attached hydrogen (secondary N) is 3. The number of piperazine rings is 1. The molecule has 0 saturated carbocycles. The van der Waals surface area contributed by atoms with Crippen LogP contribution < -0.4 is 16.0 Å². The molecule has 100 valence electrons. The molecule has 2 fully saturated rings. The molecule has 2 rings (SSSR count). The van der Waals surface area contributed by atoms with Crippen molar-refractivity contribution in [3.8, 4) is 0 Å². The molecule has 2 heterocycles. The van der Waals surface area contributed by atoms with Gasteiger partial charge in [-0.05, 0) is 6.92 Å². The van der Waals surface area contributed by atoms with Crippen LogP contribution in [0.1, 0.15) is 13.3 Å². The average molecular weight is 254 g/mol. The molecule has 0 bridgehead atoms. The Morgan fingerprint density at radius 1 is 1.33 bits per heavy atom. The summed E-state index contributed by atoms with van der Waals surface area (Å²) in [6, 6.07) is -0.735. The summed E-state index contributed by atoms with van der Waals surface area (Å²) in [5.74, 6) is -0.838. The van der Waals surface area contributed by atoms with Gasteiger partial charge < -0.3 is 16.0 Å². The van der Waals surface area contributed by atoms with E-state index in [0.717, 1.165) is 4.90 Å². The zero-order chi connectivity index (χ0) is 13.3. The second kappa shape index (κ2) is 5.03. The molecule has 0 radical (unpaired) electrons. The summed E-state index contributed by atoms with van der Waals surface area (Å²) in [5, 5.41) is 8.90. The van der Waals surface area contributed by atoms with Crippen molar-refractivity contribution in [2.75, 3.05) is 20.1 Å². The fraction of sp³-hybridized carbons (Fsp3) is 0.727. The quantitative estimate of drug-likeness (QED) is 0.487. The molecule has 0 aromatic carbocycles. The lowest BCUT2D eigenvalue weighted by molar-refractivity contribution is -0.138. The zero-order valence-corrected chi connectivity index (χ0v) is 10.5. The molecule has 7 nitrogen and oxygen atoms in total. The summed E-state index contributed by atoms with van der Waals surface area (Å²) < 4.78 is 0. The van der Waals surface area contributed by atoms with Crippen LogP contribution in [0.25, 0.3) is 0 Å². The van der Waals surface area contributed by atoms with Crippen LogP contribution in [-0.2, 0) is 14.4 Å². The first-order valence-corrected chi connectivity index (χ1v) is 6.06. The number of rotatable bonds is 2. The minimum Gasteiger partial charge on any atom is -0.342 e. The van der Waals surface area contributed by atoms with Gasteiger partial charge in [0.15, 0.2) is 0 Å². The molecule has 7 heteroatoms. The fourth-order valence-electron chi connectivity index (χ4n) is 2.11. The molecule has 18 heavy (non-hydrogen) atoms. The molecule has 2 saturated heterocycles. The van der Waals surface area contributed by atoms with Gasteiger partial charge in [0.1, 0.15) is 6.04 Å². The van der Waals surface area contributed by atoms with Crippen LogP contribution in [-0.4, -0.2) is 60.9 Å². The Kier molecular flexibility index (Phi) is 3.63. The maximum Gasteiger partial charge on any atom is 0.252 e. The van der Waals surface area contributed by atoms with E-state index in [9.17, 15) is 14.4 Å². The van der Waals surface area contributed by atoms with Crippen molar-refractivity contribution >= 4 is 17.7 Å². The topological polar surface area (TPSA) is 90.5 Å². The Hall–Kier alpha value is -1.47. The van der Waals surface area contributed by atoms with Crippen molar-refractivity contribution in [2.45, 2.75) is 31.5 Å². The van der Waals surface area contributed by atoms with Gasteiger partial charge in [-0.1, -0.05) is 0 Å². The highest BCUT2D eigenvalue weighted by molar-refractivity contribution is 6.06. The molecule has 3 N–H and O–H groups in total. The van der Waals surface area contributed by atoms with Gasteiger partial charge in [0.2, 0.25) is 11.8 Å². The van der Waals surface area contributed by atoms with E-state index in [2.05, 4.69) is 16.0 Å². The summed E-state index contributed by atoms with van der Waals surface area (Å²) in [6.45, 7) is 3.25. The van der Waals surface area contributed by atoms with Crippen LogP contribution in [0.2, 0.25) is 0 Å². The number of hydrogen-bond acceptors (Lipinski definition) is 5. The summed E-state index contributed by atoms with van der Waals surface area (Å²) in [4.78, 5) is 35.9. The van der Waals surface area contributed by atoms with Crippen molar-refractivity contribution in [1.29, 1.82) is 0 Å². The third kappa shape index (κ3) is 2.51. The summed E-state index contributed by atoms with van der Waals surface area (Å²) >= 11 is 0. The molecule has 2 aliphatic rings. The fourth-order valence-corrected chi connectivity index (χ4v) is 2.11. The molecule has 3 amide bonds. The second-order valence-electron chi connectivity index (χ2n) is 4.83. The van der Waals surface area contributed by atoms with Crippen molar-refractivity contribution in [2.24, 2.45) is 0 Å². The lowest BCUT2D eigenvalue weighted by Crippen LogP contribution is -2.60. The van der Waals surface area contributed by atoms with Gasteiger partial charge in [-0.3, -0.25) is 19.3 Å². The predicted molar refractivity (Wildman–Crippen MR) is 63.6 cm³/mol. The Morgan fingerprint density at radius 2 is 2.06 bits per heavy atom. The maximum atomic E-state index is 11.9. The van der Waals surface area contributed by atoms with E-state index in [0.29, 0.717) is 19.1 Å². The molecular formula is C11H18N4O3. The van der Waals surface area contributed by atoms with Gasteiger partial charge in [-0.25, -0.2) is 0 Å². The Bertz CT molecular complexity index is 376. The number of hydrogen-bond donors (Lipinski definition) is 3. The van der Waals surface area contributed by atoms with Crippen molar-refractivity contribution < 1.29 is 14.4 Å². The SMILES string of the molecule is CC1CNC(C(=O)NC2CC(=O)N(C)C2=O)CN1. The van der Waals surface area contributed by atoms with Gasteiger partial charge in [0, 0.05) is 26.2 Å². The molecule has 0 aliphatic carbocycles. The number of likely N-dealkylation sites (N-methyl/N-ethyl adjacent to an activating group) is 1. The highest BCUT2D eigenvalue weighted by Gasteiger charge is 2.38. The molecular weight excluding hydrogens is 236 g/mol. The molecule has 3 atom stereocenters. The lowest BCUT2D eigenvalue weighted by Gasteiger charge is -2.28. The van der Waals surface area contributed by atoms with E-state index in [4.69, 9.17) is 0 Å². The average Bonchev–Trinajstić information content (AvgIpc) is 2.58. The largest absolute Gasteiger partial charge is 0.342 e. The minimum absolute atomic E-state index is 0.0532. The van der Waals surface area contributed by atoms with E-state index in [1.54, 1.807) is 0 Å². The van der Waals surface area contributed by atoms with Crippen LogP contribution in [0.4, 0.5) is 0 Å². The highest BCUT2D eigenvalue weighted by atomic mass is 16.2.